The van der Waals surface area contributed by atoms with Gasteiger partial charge in [-0.1, -0.05) is 19.6 Å². The van der Waals surface area contributed by atoms with Gasteiger partial charge in [0.05, 0.1) is 0 Å². The summed E-state index contributed by atoms with van der Waals surface area (Å²) in [5.74, 6) is 0. The molecule has 2 heterocycles. The molecule has 0 saturated heterocycles. The number of hydrogen-bond acceptors (Lipinski definition) is 3. The second-order valence-electron chi connectivity index (χ2n) is 6.39. The van der Waals surface area contributed by atoms with Crippen molar-refractivity contribution >= 4 is 19.1 Å². The quantitative estimate of drug-likeness (QED) is 0.630. The predicted molar refractivity (Wildman–Crippen MR) is 86.6 cm³/mol. The first-order chi connectivity index (χ1) is 9.51. The standard InChI is InChI=1S/C15H25N3OSi/c1-20(2,3)10-9-19-12-18-11-13(6-7-16)14-5-4-8-17-15(14)18/h4-5,8,11H,6-7,9-10,12,16H2,1-3H3. The van der Waals surface area contributed by atoms with Crippen LogP contribution in [-0.2, 0) is 17.9 Å². The zero-order valence-corrected chi connectivity index (χ0v) is 13.7. The van der Waals surface area contributed by atoms with E-state index in [1.165, 1.54) is 17.0 Å². The van der Waals surface area contributed by atoms with Crippen molar-refractivity contribution in [1.29, 1.82) is 0 Å². The van der Waals surface area contributed by atoms with Gasteiger partial charge in [-0.25, -0.2) is 4.98 Å². The van der Waals surface area contributed by atoms with E-state index in [1.807, 2.05) is 12.3 Å². The van der Waals surface area contributed by atoms with Crippen LogP contribution in [0.2, 0.25) is 25.7 Å². The lowest BCUT2D eigenvalue weighted by molar-refractivity contribution is 0.0898. The molecule has 0 aliphatic rings. The van der Waals surface area contributed by atoms with Crippen LogP contribution in [0.3, 0.4) is 0 Å². The van der Waals surface area contributed by atoms with Crippen LogP contribution in [0.5, 0.6) is 0 Å². The summed E-state index contributed by atoms with van der Waals surface area (Å²) in [7, 11) is -1.02. The molecule has 2 aromatic heterocycles. The van der Waals surface area contributed by atoms with Gasteiger partial charge in [0.25, 0.3) is 0 Å². The molecule has 0 aliphatic heterocycles. The molecule has 5 heteroatoms. The maximum absolute atomic E-state index is 5.82. The molecule has 20 heavy (non-hydrogen) atoms. The van der Waals surface area contributed by atoms with Crippen molar-refractivity contribution in [3.05, 3.63) is 30.1 Å². The van der Waals surface area contributed by atoms with Gasteiger partial charge in [-0.05, 0) is 36.7 Å². The number of aromatic nitrogens is 2. The van der Waals surface area contributed by atoms with Gasteiger partial charge in [-0.2, -0.15) is 0 Å². The Balaban J connectivity index is 2.06. The van der Waals surface area contributed by atoms with E-state index < -0.39 is 8.07 Å². The molecule has 2 aromatic rings. The Kier molecular flexibility index (Phi) is 4.96. The average Bonchev–Trinajstić information content (AvgIpc) is 2.73. The van der Waals surface area contributed by atoms with Crippen molar-refractivity contribution < 1.29 is 4.74 Å². The van der Waals surface area contributed by atoms with Crippen LogP contribution in [0, 0.1) is 0 Å². The Morgan fingerprint density at radius 1 is 1.35 bits per heavy atom. The van der Waals surface area contributed by atoms with E-state index in [-0.39, 0.29) is 0 Å². The molecular weight excluding hydrogens is 266 g/mol. The maximum atomic E-state index is 5.82. The van der Waals surface area contributed by atoms with Crippen LogP contribution in [0.15, 0.2) is 24.5 Å². The third-order valence-corrected chi connectivity index (χ3v) is 5.06. The van der Waals surface area contributed by atoms with E-state index in [2.05, 4.69) is 41.5 Å². The number of pyridine rings is 1. The molecule has 0 unspecified atom stereocenters. The highest BCUT2D eigenvalue weighted by atomic mass is 28.3. The lowest BCUT2D eigenvalue weighted by Gasteiger charge is -2.15. The summed E-state index contributed by atoms with van der Waals surface area (Å²) in [6.07, 6.45) is 4.83. The molecule has 0 aromatic carbocycles. The first-order valence-electron chi connectivity index (χ1n) is 7.22. The molecular formula is C15H25N3OSi. The molecule has 0 radical (unpaired) electrons. The highest BCUT2D eigenvalue weighted by Crippen LogP contribution is 2.19. The van der Waals surface area contributed by atoms with Gasteiger partial charge in [0.1, 0.15) is 12.4 Å². The lowest BCUT2D eigenvalue weighted by atomic mass is 10.2. The zero-order valence-electron chi connectivity index (χ0n) is 12.7. The average molecular weight is 291 g/mol. The van der Waals surface area contributed by atoms with Crippen LogP contribution in [0.25, 0.3) is 11.0 Å². The van der Waals surface area contributed by atoms with Crippen LogP contribution < -0.4 is 5.73 Å². The Labute approximate surface area is 122 Å². The largest absolute Gasteiger partial charge is 0.361 e. The fourth-order valence-corrected chi connectivity index (χ4v) is 2.95. The molecule has 110 valence electrons. The molecule has 0 bridgehead atoms. The maximum Gasteiger partial charge on any atom is 0.142 e. The molecule has 0 spiro atoms. The van der Waals surface area contributed by atoms with Gasteiger partial charge in [0, 0.05) is 32.5 Å². The Hall–Kier alpha value is -1.17. The molecule has 2 rings (SSSR count). The van der Waals surface area contributed by atoms with E-state index in [4.69, 9.17) is 10.5 Å². The number of ether oxygens (including phenoxy) is 1. The first-order valence-corrected chi connectivity index (χ1v) is 10.9. The van der Waals surface area contributed by atoms with E-state index >= 15 is 0 Å². The minimum Gasteiger partial charge on any atom is -0.361 e. The molecule has 0 saturated carbocycles. The molecule has 0 atom stereocenters. The Bertz CT molecular complexity index is 560. The van der Waals surface area contributed by atoms with Crippen LogP contribution in [-0.4, -0.2) is 30.8 Å². The normalized spacial score (nSPS) is 12.2. The monoisotopic (exact) mass is 291 g/mol. The summed E-state index contributed by atoms with van der Waals surface area (Å²) < 4.78 is 7.91. The van der Waals surface area contributed by atoms with E-state index in [9.17, 15) is 0 Å². The zero-order chi connectivity index (χ0) is 14.6. The second-order valence-corrected chi connectivity index (χ2v) is 12.0. The first kappa shape index (κ1) is 15.2. The highest BCUT2D eigenvalue weighted by molar-refractivity contribution is 6.76. The van der Waals surface area contributed by atoms with Crippen molar-refractivity contribution in [3.8, 4) is 0 Å². The summed E-state index contributed by atoms with van der Waals surface area (Å²) in [5.41, 5.74) is 7.92. The van der Waals surface area contributed by atoms with Crippen molar-refractivity contribution in [2.24, 2.45) is 5.73 Å². The lowest BCUT2D eigenvalue weighted by Crippen LogP contribution is -2.22. The highest BCUT2D eigenvalue weighted by Gasteiger charge is 2.13. The number of hydrogen-bond donors (Lipinski definition) is 1. The third-order valence-electron chi connectivity index (χ3n) is 3.36. The third kappa shape index (κ3) is 3.91. The molecule has 4 nitrogen and oxygen atoms in total. The van der Waals surface area contributed by atoms with E-state index in [1.54, 1.807) is 0 Å². The van der Waals surface area contributed by atoms with Crippen molar-refractivity contribution in [1.82, 2.24) is 9.55 Å². The fraction of sp³-hybridized carbons (Fsp3) is 0.533. The number of nitrogens with two attached hydrogens (primary N) is 1. The van der Waals surface area contributed by atoms with Gasteiger partial charge in [-0.15, -0.1) is 0 Å². The van der Waals surface area contributed by atoms with Gasteiger partial charge >= 0.3 is 0 Å². The predicted octanol–water partition coefficient (Wildman–Crippen LogP) is 2.85. The van der Waals surface area contributed by atoms with Crippen molar-refractivity contribution in [2.75, 3.05) is 13.2 Å². The summed E-state index contributed by atoms with van der Waals surface area (Å²) in [4.78, 5) is 4.46. The number of nitrogens with zero attached hydrogens (tertiary/aromatic N) is 2. The van der Waals surface area contributed by atoms with Crippen LogP contribution >= 0.6 is 0 Å². The van der Waals surface area contributed by atoms with Crippen molar-refractivity contribution in [3.63, 3.8) is 0 Å². The second kappa shape index (κ2) is 6.52. The number of rotatable bonds is 7. The van der Waals surface area contributed by atoms with E-state index in [0.29, 0.717) is 13.3 Å². The molecule has 0 amide bonds. The van der Waals surface area contributed by atoms with Crippen LogP contribution in [0.1, 0.15) is 5.56 Å². The van der Waals surface area contributed by atoms with E-state index in [0.717, 1.165) is 18.7 Å². The Morgan fingerprint density at radius 2 is 2.15 bits per heavy atom. The topological polar surface area (TPSA) is 53.1 Å². The summed E-state index contributed by atoms with van der Waals surface area (Å²) in [6.45, 7) is 9.15. The summed E-state index contributed by atoms with van der Waals surface area (Å²) in [6, 6.07) is 5.26. The minimum atomic E-state index is -1.02. The molecule has 2 N–H and O–H groups in total. The van der Waals surface area contributed by atoms with Crippen molar-refractivity contribution in [2.45, 2.75) is 38.8 Å². The summed E-state index contributed by atoms with van der Waals surface area (Å²) in [5, 5.41) is 1.19. The smallest absolute Gasteiger partial charge is 0.142 e. The van der Waals surface area contributed by atoms with Gasteiger partial charge in [0.2, 0.25) is 0 Å². The van der Waals surface area contributed by atoms with Gasteiger partial charge in [-0.3, -0.25) is 0 Å². The number of fused-ring (bicyclic) bond motifs is 1. The SMILES string of the molecule is C[Si](C)(C)CCOCn1cc(CCN)c2cccnc21. The summed E-state index contributed by atoms with van der Waals surface area (Å²) >= 11 is 0. The Morgan fingerprint density at radius 3 is 2.85 bits per heavy atom. The molecule has 0 fully saturated rings. The van der Waals surface area contributed by atoms with Gasteiger partial charge < -0.3 is 15.0 Å². The van der Waals surface area contributed by atoms with Crippen LogP contribution in [0.4, 0.5) is 0 Å². The minimum absolute atomic E-state index is 0.572. The fourth-order valence-electron chi connectivity index (χ4n) is 2.19. The van der Waals surface area contributed by atoms with Gasteiger partial charge in [0.15, 0.2) is 0 Å². The molecule has 0 aliphatic carbocycles.